The number of rotatable bonds is 4. The lowest BCUT2D eigenvalue weighted by molar-refractivity contribution is 0.147. The molecule has 1 aromatic carbocycles. The number of benzene rings is 1. The zero-order valence-electron chi connectivity index (χ0n) is 8.74. The molecular formula is C12H12ClNOS. The molecule has 4 heteroatoms. The summed E-state index contributed by atoms with van der Waals surface area (Å²) in [6.07, 6.45) is 2.66. The maximum absolute atomic E-state index is 9.67. The van der Waals surface area contributed by atoms with Gasteiger partial charge in [0.1, 0.15) is 0 Å². The Morgan fingerprint density at radius 3 is 2.81 bits per heavy atom. The fourth-order valence-corrected chi connectivity index (χ4v) is 2.84. The number of halogens is 1. The van der Waals surface area contributed by atoms with E-state index in [-0.39, 0.29) is 0 Å². The Bertz CT molecular complexity index is 437. The molecule has 0 unspecified atom stereocenters. The van der Waals surface area contributed by atoms with Crippen molar-refractivity contribution in [1.29, 1.82) is 5.26 Å². The molecule has 0 amide bonds. The van der Waals surface area contributed by atoms with Gasteiger partial charge in [-0.2, -0.15) is 5.26 Å². The second kappa shape index (κ2) is 4.67. The third-order valence-corrected chi connectivity index (χ3v) is 4.21. The van der Waals surface area contributed by atoms with Crippen LogP contribution in [-0.2, 0) is 0 Å². The van der Waals surface area contributed by atoms with Gasteiger partial charge in [0.25, 0.3) is 0 Å². The third kappa shape index (κ3) is 2.91. The van der Waals surface area contributed by atoms with Crippen molar-refractivity contribution in [2.24, 2.45) is 0 Å². The van der Waals surface area contributed by atoms with Crippen molar-refractivity contribution in [2.75, 3.05) is 5.75 Å². The molecule has 0 spiro atoms. The summed E-state index contributed by atoms with van der Waals surface area (Å²) in [4.78, 5) is 0.977. The van der Waals surface area contributed by atoms with E-state index in [0.29, 0.717) is 10.6 Å². The Hall–Kier alpha value is -0.690. The van der Waals surface area contributed by atoms with Gasteiger partial charge < -0.3 is 5.11 Å². The molecule has 1 aliphatic carbocycles. The molecule has 0 radical (unpaired) electrons. The monoisotopic (exact) mass is 253 g/mol. The predicted octanol–water partition coefficient (Wildman–Crippen LogP) is 3.22. The van der Waals surface area contributed by atoms with E-state index in [0.717, 1.165) is 29.9 Å². The number of nitrogens with zero attached hydrogens (tertiary/aromatic N) is 1. The molecule has 84 valence electrons. The van der Waals surface area contributed by atoms with Crippen molar-refractivity contribution in [2.45, 2.75) is 29.8 Å². The molecule has 0 saturated heterocycles. The highest BCUT2D eigenvalue weighted by Gasteiger charge is 2.39. The van der Waals surface area contributed by atoms with Gasteiger partial charge in [-0.25, -0.2) is 0 Å². The zero-order valence-corrected chi connectivity index (χ0v) is 10.3. The SMILES string of the molecule is N#Cc1ccc(SCCC2(O)CC2)c(Cl)c1. The average molecular weight is 254 g/mol. The third-order valence-electron chi connectivity index (χ3n) is 2.71. The minimum absolute atomic E-state index is 0.397. The minimum atomic E-state index is -0.397. The summed E-state index contributed by atoms with van der Waals surface area (Å²) in [5.41, 5.74) is 0.182. The standard InChI is InChI=1S/C12H12ClNOS/c13-10-7-9(8-14)1-2-11(10)16-6-5-12(15)3-4-12/h1-2,7,15H,3-6H2. The molecule has 1 saturated carbocycles. The van der Waals surface area contributed by atoms with Gasteiger partial charge in [-0.05, 0) is 37.5 Å². The summed E-state index contributed by atoms with van der Waals surface area (Å²) in [5.74, 6) is 0.863. The molecule has 0 aliphatic heterocycles. The number of thioether (sulfide) groups is 1. The molecule has 2 nitrogen and oxygen atoms in total. The first-order valence-electron chi connectivity index (χ1n) is 5.18. The summed E-state index contributed by atoms with van der Waals surface area (Å²) < 4.78 is 0. The Balaban J connectivity index is 1.91. The van der Waals surface area contributed by atoms with Crippen molar-refractivity contribution < 1.29 is 5.11 Å². The molecule has 0 heterocycles. The van der Waals surface area contributed by atoms with E-state index in [9.17, 15) is 5.11 Å². The molecule has 0 atom stereocenters. The van der Waals surface area contributed by atoms with Crippen LogP contribution in [0.25, 0.3) is 0 Å². The van der Waals surface area contributed by atoms with Crippen LogP contribution < -0.4 is 0 Å². The van der Waals surface area contributed by atoms with Gasteiger partial charge >= 0.3 is 0 Å². The number of hydrogen-bond donors (Lipinski definition) is 1. The van der Waals surface area contributed by atoms with Gasteiger partial charge in [0.05, 0.1) is 22.3 Å². The van der Waals surface area contributed by atoms with E-state index >= 15 is 0 Å². The fraction of sp³-hybridized carbons (Fsp3) is 0.417. The molecule has 0 bridgehead atoms. The van der Waals surface area contributed by atoms with Gasteiger partial charge in [0.2, 0.25) is 0 Å². The Morgan fingerprint density at radius 2 is 2.25 bits per heavy atom. The van der Waals surface area contributed by atoms with Crippen molar-refractivity contribution in [3.8, 4) is 6.07 Å². The average Bonchev–Trinajstić information content (AvgIpc) is 2.99. The van der Waals surface area contributed by atoms with Gasteiger partial charge in [-0.15, -0.1) is 11.8 Å². The second-order valence-electron chi connectivity index (χ2n) is 4.08. The maximum atomic E-state index is 9.67. The Kier molecular flexibility index (Phi) is 3.44. The molecule has 1 N–H and O–H groups in total. The molecule has 16 heavy (non-hydrogen) atoms. The number of nitriles is 1. The number of hydrogen-bond acceptors (Lipinski definition) is 3. The summed E-state index contributed by atoms with van der Waals surface area (Å²) in [6, 6.07) is 7.36. The van der Waals surface area contributed by atoms with Crippen LogP contribution in [0, 0.1) is 11.3 Å². The van der Waals surface area contributed by atoms with Crippen LogP contribution in [0.15, 0.2) is 23.1 Å². The van der Waals surface area contributed by atoms with Gasteiger partial charge in [-0.3, -0.25) is 0 Å². The minimum Gasteiger partial charge on any atom is -0.390 e. The van der Waals surface area contributed by atoms with Gasteiger partial charge in [0.15, 0.2) is 0 Å². The highest BCUT2D eigenvalue weighted by Crippen LogP contribution is 2.40. The lowest BCUT2D eigenvalue weighted by atomic mass is 10.2. The van der Waals surface area contributed by atoms with Crippen LogP contribution in [0.1, 0.15) is 24.8 Å². The molecule has 1 aromatic rings. The summed E-state index contributed by atoms with van der Waals surface area (Å²) in [6.45, 7) is 0. The van der Waals surface area contributed by atoms with Gasteiger partial charge in [-0.1, -0.05) is 11.6 Å². The topological polar surface area (TPSA) is 44.0 Å². The van der Waals surface area contributed by atoms with Crippen molar-refractivity contribution in [3.63, 3.8) is 0 Å². The van der Waals surface area contributed by atoms with Crippen LogP contribution in [0.3, 0.4) is 0 Å². The van der Waals surface area contributed by atoms with Crippen LogP contribution in [-0.4, -0.2) is 16.5 Å². The second-order valence-corrected chi connectivity index (χ2v) is 5.62. The first-order valence-corrected chi connectivity index (χ1v) is 6.54. The van der Waals surface area contributed by atoms with Crippen LogP contribution in [0.5, 0.6) is 0 Å². The largest absolute Gasteiger partial charge is 0.390 e. The number of aliphatic hydroxyl groups is 1. The first kappa shape index (κ1) is 11.8. The quantitative estimate of drug-likeness (QED) is 0.838. The van der Waals surface area contributed by atoms with E-state index in [4.69, 9.17) is 16.9 Å². The normalized spacial score (nSPS) is 16.8. The predicted molar refractivity (Wildman–Crippen MR) is 65.7 cm³/mol. The zero-order chi connectivity index (χ0) is 11.6. The highest BCUT2D eigenvalue weighted by molar-refractivity contribution is 7.99. The first-order chi connectivity index (χ1) is 7.63. The van der Waals surface area contributed by atoms with Crippen molar-refractivity contribution in [1.82, 2.24) is 0 Å². The lowest BCUT2D eigenvalue weighted by Gasteiger charge is -2.07. The molecule has 1 fully saturated rings. The van der Waals surface area contributed by atoms with E-state index < -0.39 is 5.60 Å². The highest BCUT2D eigenvalue weighted by atomic mass is 35.5. The van der Waals surface area contributed by atoms with E-state index in [2.05, 4.69) is 6.07 Å². The van der Waals surface area contributed by atoms with Crippen LogP contribution in [0.2, 0.25) is 5.02 Å². The summed E-state index contributed by atoms with van der Waals surface area (Å²) in [7, 11) is 0. The molecule has 0 aromatic heterocycles. The summed E-state index contributed by atoms with van der Waals surface area (Å²) in [5, 5.41) is 19.0. The molecular weight excluding hydrogens is 242 g/mol. The lowest BCUT2D eigenvalue weighted by Crippen LogP contribution is -2.07. The van der Waals surface area contributed by atoms with E-state index in [1.54, 1.807) is 23.9 Å². The van der Waals surface area contributed by atoms with E-state index in [1.807, 2.05) is 6.07 Å². The van der Waals surface area contributed by atoms with Crippen molar-refractivity contribution in [3.05, 3.63) is 28.8 Å². The molecule has 2 rings (SSSR count). The fourth-order valence-electron chi connectivity index (χ4n) is 1.43. The Morgan fingerprint density at radius 1 is 1.50 bits per heavy atom. The maximum Gasteiger partial charge on any atom is 0.0992 e. The van der Waals surface area contributed by atoms with Gasteiger partial charge in [0, 0.05) is 10.6 Å². The Labute approximate surface area is 104 Å². The van der Waals surface area contributed by atoms with Crippen LogP contribution in [0.4, 0.5) is 0 Å². The van der Waals surface area contributed by atoms with Crippen LogP contribution >= 0.6 is 23.4 Å². The van der Waals surface area contributed by atoms with Crippen molar-refractivity contribution >= 4 is 23.4 Å². The smallest absolute Gasteiger partial charge is 0.0992 e. The summed E-state index contributed by atoms with van der Waals surface area (Å²) >= 11 is 7.67. The van der Waals surface area contributed by atoms with E-state index in [1.165, 1.54) is 0 Å². The molecule has 1 aliphatic rings.